The molecule has 36 heavy (non-hydrogen) atoms. The number of nitrogens with one attached hydrogen (secondary N) is 1. The first-order valence-corrected chi connectivity index (χ1v) is 12.9. The molecule has 0 atom stereocenters. The maximum atomic E-state index is 12.9. The standard InChI is InChI=1S/C29H35N5O2/c1-20(2)31-29(36)34-12-10-22(11-13-34)25-8-9-27-26(25)18-24(19-30-27)21-4-6-23(7-5-21)28(35)33-16-14-32(3)15-17-33/h4-8,10,18-20H,9,11-17H2,1-3H3,(H,31,36). The van der Waals surface area contributed by atoms with E-state index >= 15 is 0 Å². The molecule has 1 aromatic heterocycles. The summed E-state index contributed by atoms with van der Waals surface area (Å²) in [4.78, 5) is 36.0. The van der Waals surface area contributed by atoms with Crippen molar-refractivity contribution in [1.29, 1.82) is 0 Å². The fourth-order valence-corrected chi connectivity index (χ4v) is 5.09. The number of nitrogens with zero attached hydrogens (tertiary/aromatic N) is 4. The van der Waals surface area contributed by atoms with Gasteiger partial charge in [0.15, 0.2) is 0 Å². The molecule has 0 spiro atoms. The molecule has 7 heteroatoms. The first-order chi connectivity index (χ1) is 17.4. The van der Waals surface area contributed by atoms with E-state index in [2.05, 4.69) is 35.5 Å². The van der Waals surface area contributed by atoms with Gasteiger partial charge in [-0.05, 0) is 62.2 Å². The minimum atomic E-state index is -0.000365. The molecule has 0 saturated carbocycles. The maximum Gasteiger partial charge on any atom is 0.317 e. The highest BCUT2D eigenvalue weighted by Gasteiger charge is 2.24. The highest BCUT2D eigenvalue weighted by Crippen LogP contribution is 2.36. The van der Waals surface area contributed by atoms with Crippen LogP contribution in [0.25, 0.3) is 16.7 Å². The molecule has 0 bridgehead atoms. The number of piperazine rings is 1. The van der Waals surface area contributed by atoms with E-state index in [1.165, 1.54) is 16.7 Å². The molecule has 1 saturated heterocycles. The molecule has 1 fully saturated rings. The molecule has 7 nitrogen and oxygen atoms in total. The van der Waals surface area contributed by atoms with Crippen LogP contribution >= 0.6 is 0 Å². The number of aromatic nitrogens is 1. The van der Waals surface area contributed by atoms with Crippen LogP contribution in [0.3, 0.4) is 0 Å². The topological polar surface area (TPSA) is 68.8 Å². The largest absolute Gasteiger partial charge is 0.336 e. The zero-order valence-corrected chi connectivity index (χ0v) is 21.5. The molecular formula is C29H35N5O2. The molecule has 1 aromatic carbocycles. The van der Waals surface area contributed by atoms with Gasteiger partial charge in [0.1, 0.15) is 0 Å². The summed E-state index contributed by atoms with van der Waals surface area (Å²) in [6.07, 6.45) is 8.04. The number of hydrogen-bond donors (Lipinski definition) is 1. The lowest BCUT2D eigenvalue weighted by molar-refractivity contribution is 0.0664. The Bertz CT molecular complexity index is 1210. The number of benzene rings is 1. The molecule has 2 aliphatic heterocycles. The lowest BCUT2D eigenvalue weighted by atomic mass is 9.94. The predicted octanol–water partition coefficient (Wildman–Crippen LogP) is 3.83. The molecule has 3 heterocycles. The second-order valence-electron chi connectivity index (χ2n) is 10.2. The van der Waals surface area contributed by atoms with Crippen LogP contribution < -0.4 is 5.32 Å². The van der Waals surface area contributed by atoms with Gasteiger partial charge in [0.05, 0.1) is 5.69 Å². The Morgan fingerprint density at radius 2 is 1.69 bits per heavy atom. The van der Waals surface area contributed by atoms with Crippen molar-refractivity contribution in [1.82, 2.24) is 25.0 Å². The number of pyridine rings is 1. The smallest absolute Gasteiger partial charge is 0.317 e. The van der Waals surface area contributed by atoms with Crippen LogP contribution in [-0.2, 0) is 6.42 Å². The summed E-state index contributed by atoms with van der Waals surface area (Å²) < 4.78 is 0. The third-order valence-corrected chi connectivity index (χ3v) is 7.27. The molecule has 1 N–H and O–H groups in total. The number of carbonyl (C=O) groups is 2. The number of allylic oxidation sites excluding steroid dienone is 2. The van der Waals surface area contributed by atoms with Gasteiger partial charge in [0, 0.05) is 74.6 Å². The van der Waals surface area contributed by atoms with Crippen molar-refractivity contribution in [3.05, 3.63) is 71.1 Å². The van der Waals surface area contributed by atoms with Gasteiger partial charge >= 0.3 is 6.03 Å². The van der Waals surface area contributed by atoms with Crippen LogP contribution in [0.15, 0.2) is 54.3 Å². The van der Waals surface area contributed by atoms with E-state index in [1.54, 1.807) is 0 Å². The summed E-state index contributed by atoms with van der Waals surface area (Å²) in [6, 6.07) is 10.3. The van der Waals surface area contributed by atoms with Crippen molar-refractivity contribution in [2.24, 2.45) is 0 Å². The Labute approximate surface area is 213 Å². The first kappa shape index (κ1) is 24.3. The van der Waals surface area contributed by atoms with Crippen LogP contribution in [0, 0.1) is 0 Å². The first-order valence-electron chi connectivity index (χ1n) is 12.9. The molecule has 3 amide bonds. The molecule has 5 rings (SSSR count). The summed E-state index contributed by atoms with van der Waals surface area (Å²) in [5, 5.41) is 2.98. The molecule has 1 aliphatic carbocycles. The summed E-state index contributed by atoms with van der Waals surface area (Å²) in [5.74, 6) is 0.104. The number of rotatable bonds is 4. The van der Waals surface area contributed by atoms with E-state index in [0.717, 1.165) is 61.4 Å². The van der Waals surface area contributed by atoms with Gasteiger partial charge in [0.25, 0.3) is 5.91 Å². The summed E-state index contributed by atoms with van der Waals surface area (Å²) in [7, 11) is 2.09. The van der Waals surface area contributed by atoms with E-state index in [1.807, 2.05) is 54.1 Å². The van der Waals surface area contributed by atoms with Gasteiger partial charge in [-0.15, -0.1) is 0 Å². The highest BCUT2D eigenvalue weighted by atomic mass is 16.2. The normalized spacial score (nSPS) is 18.1. The van der Waals surface area contributed by atoms with Gasteiger partial charge in [-0.1, -0.05) is 24.3 Å². The Hall–Kier alpha value is -3.45. The molecule has 3 aliphatic rings. The number of carbonyl (C=O) groups excluding carboxylic acids is 2. The minimum Gasteiger partial charge on any atom is -0.336 e. The fraction of sp³-hybridized carbons (Fsp3) is 0.414. The Morgan fingerprint density at radius 3 is 2.36 bits per heavy atom. The summed E-state index contributed by atoms with van der Waals surface area (Å²) in [6.45, 7) is 8.68. The van der Waals surface area contributed by atoms with Crippen molar-refractivity contribution < 1.29 is 9.59 Å². The van der Waals surface area contributed by atoms with Crippen molar-refractivity contribution in [3.63, 3.8) is 0 Å². The lowest BCUT2D eigenvalue weighted by Crippen LogP contribution is -2.47. The van der Waals surface area contributed by atoms with Gasteiger partial charge in [0.2, 0.25) is 0 Å². The van der Waals surface area contributed by atoms with Crippen LogP contribution in [-0.4, -0.2) is 84.0 Å². The zero-order valence-electron chi connectivity index (χ0n) is 21.5. The number of likely N-dealkylation sites (N-methyl/N-ethyl adjacent to an activating group) is 1. The number of amides is 3. The van der Waals surface area contributed by atoms with Crippen molar-refractivity contribution in [2.45, 2.75) is 32.7 Å². The average Bonchev–Trinajstić information content (AvgIpc) is 3.32. The molecule has 2 aromatic rings. The monoisotopic (exact) mass is 485 g/mol. The van der Waals surface area contributed by atoms with E-state index in [0.29, 0.717) is 13.1 Å². The Balaban J connectivity index is 1.29. The third-order valence-electron chi connectivity index (χ3n) is 7.27. The highest BCUT2D eigenvalue weighted by molar-refractivity contribution is 5.95. The summed E-state index contributed by atoms with van der Waals surface area (Å²) >= 11 is 0. The second kappa shape index (κ2) is 10.3. The van der Waals surface area contributed by atoms with Gasteiger partial charge in [-0.3, -0.25) is 9.78 Å². The van der Waals surface area contributed by atoms with Crippen molar-refractivity contribution >= 4 is 17.5 Å². The quantitative estimate of drug-likeness (QED) is 0.715. The lowest BCUT2D eigenvalue weighted by Gasteiger charge is -2.32. The average molecular weight is 486 g/mol. The molecule has 188 valence electrons. The second-order valence-corrected chi connectivity index (χ2v) is 10.2. The van der Waals surface area contributed by atoms with Crippen LogP contribution in [0.5, 0.6) is 0 Å². The van der Waals surface area contributed by atoms with Crippen LogP contribution in [0.1, 0.15) is 41.9 Å². The number of urea groups is 1. The minimum absolute atomic E-state index is 0.000365. The van der Waals surface area contributed by atoms with E-state index < -0.39 is 0 Å². The molecule has 0 radical (unpaired) electrons. The predicted molar refractivity (Wildman–Crippen MR) is 143 cm³/mol. The van der Waals surface area contributed by atoms with Gasteiger partial charge in [-0.2, -0.15) is 0 Å². The third kappa shape index (κ3) is 5.07. The fourth-order valence-electron chi connectivity index (χ4n) is 5.09. The number of fused-ring (bicyclic) bond motifs is 1. The van der Waals surface area contributed by atoms with Crippen molar-refractivity contribution in [2.75, 3.05) is 46.3 Å². The number of hydrogen-bond acceptors (Lipinski definition) is 4. The summed E-state index contributed by atoms with van der Waals surface area (Å²) in [5.41, 5.74) is 7.64. The van der Waals surface area contributed by atoms with E-state index in [4.69, 9.17) is 4.98 Å². The Kier molecular flexibility index (Phi) is 6.92. The van der Waals surface area contributed by atoms with Gasteiger partial charge in [-0.25, -0.2) is 4.79 Å². The molecule has 0 unspecified atom stereocenters. The zero-order chi connectivity index (χ0) is 25.2. The van der Waals surface area contributed by atoms with Crippen LogP contribution in [0.2, 0.25) is 0 Å². The SMILES string of the molecule is CC(C)NC(=O)N1CC=C(C2=CCc3ncc(-c4ccc(C(=O)N5CCN(C)CC5)cc4)cc32)CC1. The Morgan fingerprint density at radius 1 is 0.944 bits per heavy atom. The molecular weight excluding hydrogens is 450 g/mol. The van der Waals surface area contributed by atoms with E-state index in [-0.39, 0.29) is 18.0 Å². The maximum absolute atomic E-state index is 12.9. The van der Waals surface area contributed by atoms with Gasteiger partial charge < -0.3 is 20.0 Å². The van der Waals surface area contributed by atoms with Crippen LogP contribution in [0.4, 0.5) is 4.79 Å². The van der Waals surface area contributed by atoms with Crippen molar-refractivity contribution in [3.8, 4) is 11.1 Å². The van der Waals surface area contributed by atoms with E-state index in [9.17, 15) is 9.59 Å².